The number of nitrogens with one attached hydrogen (secondary N) is 1. The van der Waals surface area contributed by atoms with Crippen molar-refractivity contribution in [3.05, 3.63) is 65.7 Å². The Morgan fingerprint density at radius 1 is 1.14 bits per heavy atom. The SMILES string of the molecule is CC1CN(C(=O)c2cccc(NC(=O)CC(c3ccccc3)C(C)C)c2)CCO1. The Balaban J connectivity index is 1.66. The van der Waals surface area contributed by atoms with E-state index in [-0.39, 0.29) is 23.8 Å². The van der Waals surface area contributed by atoms with Gasteiger partial charge in [-0.1, -0.05) is 50.2 Å². The van der Waals surface area contributed by atoms with Crippen molar-refractivity contribution in [1.82, 2.24) is 4.90 Å². The number of benzene rings is 2. The molecule has 0 bridgehead atoms. The van der Waals surface area contributed by atoms with E-state index < -0.39 is 0 Å². The summed E-state index contributed by atoms with van der Waals surface area (Å²) < 4.78 is 5.51. The smallest absolute Gasteiger partial charge is 0.254 e. The number of anilines is 1. The van der Waals surface area contributed by atoms with E-state index in [4.69, 9.17) is 4.74 Å². The summed E-state index contributed by atoms with van der Waals surface area (Å²) in [5.74, 6) is 0.424. The highest BCUT2D eigenvalue weighted by atomic mass is 16.5. The number of morpholine rings is 1. The predicted octanol–water partition coefficient (Wildman–Crippen LogP) is 4.32. The monoisotopic (exact) mass is 394 g/mol. The van der Waals surface area contributed by atoms with Crippen LogP contribution in [-0.4, -0.2) is 42.5 Å². The molecule has 3 rings (SSSR count). The van der Waals surface area contributed by atoms with E-state index in [2.05, 4.69) is 31.3 Å². The Morgan fingerprint density at radius 3 is 2.59 bits per heavy atom. The quantitative estimate of drug-likeness (QED) is 0.794. The summed E-state index contributed by atoms with van der Waals surface area (Å²) in [5.41, 5.74) is 2.40. The van der Waals surface area contributed by atoms with Gasteiger partial charge in [-0.3, -0.25) is 9.59 Å². The number of amides is 2. The molecule has 29 heavy (non-hydrogen) atoms. The fourth-order valence-corrected chi connectivity index (χ4v) is 3.77. The standard InChI is InChI=1S/C24H30N2O3/c1-17(2)22(19-8-5-4-6-9-19)15-23(27)25-21-11-7-10-20(14-21)24(28)26-12-13-29-18(3)16-26/h4-11,14,17-18,22H,12-13,15-16H2,1-3H3,(H,25,27). The molecule has 2 amide bonds. The first-order valence-corrected chi connectivity index (χ1v) is 10.3. The maximum absolute atomic E-state index is 12.8. The van der Waals surface area contributed by atoms with E-state index in [1.807, 2.05) is 37.3 Å². The third kappa shape index (κ3) is 5.67. The molecular weight excluding hydrogens is 364 g/mol. The van der Waals surface area contributed by atoms with Crippen LogP contribution in [0.5, 0.6) is 0 Å². The van der Waals surface area contributed by atoms with Gasteiger partial charge in [0.05, 0.1) is 12.7 Å². The third-order valence-corrected chi connectivity index (χ3v) is 5.36. The van der Waals surface area contributed by atoms with Crippen LogP contribution in [0.4, 0.5) is 5.69 Å². The van der Waals surface area contributed by atoms with Crippen LogP contribution in [0.1, 0.15) is 49.0 Å². The summed E-state index contributed by atoms with van der Waals surface area (Å²) in [6, 6.07) is 17.3. The van der Waals surface area contributed by atoms with E-state index in [1.165, 1.54) is 5.56 Å². The van der Waals surface area contributed by atoms with Gasteiger partial charge in [0.15, 0.2) is 0 Å². The van der Waals surface area contributed by atoms with Crippen LogP contribution in [0.25, 0.3) is 0 Å². The maximum atomic E-state index is 12.8. The van der Waals surface area contributed by atoms with Gasteiger partial charge in [0.1, 0.15) is 0 Å². The molecule has 1 aliphatic rings. The van der Waals surface area contributed by atoms with E-state index in [1.54, 1.807) is 17.0 Å². The van der Waals surface area contributed by atoms with E-state index >= 15 is 0 Å². The molecular formula is C24H30N2O3. The van der Waals surface area contributed by atoms with Crippen molar-refractivity contribution in [3.8, 4) is 0 Å². The molecule has 2 aromatic rings. The van der Waals surface area contributed by atoms with Gasteiger partial charge in [0.25, 0.3) is 5.91 Å². The molecule has 1 aliphatic heterocycles. The second-order valence-electron chi connectivity index (χ2n) is 8.03. The fraction of sp³-hybridized carbons (Fsp3) is 0.417. The van der Waals surface area contributed by atoms with Crippen molar-refractivity contribution in [1.29, 1.82) is 0 Å². The molecule has 5 nitrogen and oxygen atoms in total. The Bertz CT molecular complexity index is 835. The molecule has 0 saturated carbocycles. The first kappa shape index (κ1) is 21.1. The van der Waals surface area contributed by atoms with Gasteiger partial charge in [-0.2, -0.15) is 0 Å². The first-order chi connectivity index (χ1) is 13.9. The number of nitrogens with zero attached hydrogens (tertiary/aromatic N) is 1. The first-order valence-electron chi connectivity index (χ1n) is 10.3. The minimum atomic E-state index is -0.0443. The number of ether oxygens (including phenoxy) is 1. The lowest BCUT2D eigenvalue weighted by atomic mass is 9.85. The van der Waals surface area contributed by atoms with Crippen molar-refractivity contribution in [2.24, 2.45) is 5.92 Å². The second kappa shape index (κ2) is 9.70. The molecule has 1 heterocycles. The second-order valence-corrected chi connectivity index (χ2v) is 8.03. The summed E-state index contributed by atoms with van der Waals surface area (Å²) >= 11 is 0. The maximum Gasteiger partial charge on any atom is 0.254 e. The Labute approximate surface area is 173 Å². The van der Waals surface area contributed by atoms with Crippen LogP contribution in [0.3, 0.4) is 0 Å². The molecule has 154 valence electrons. The van der Waals surface area contributed by atoms with Crippen molar-refractivity contribution >= 4 is 17.5 Å². The van der Waals surface area contributed by atoms with Gasteiger partial charge in [-0.15, -0.1) is 0 Å². The molecule has 1 saturated heterocycles. The highest BCUT2D eigenvalue weighted by molar-refractivity contribution is 5.97. The molecule has 1 fully saturated rings. The van der Waals surface area contributed by atoms with Crippen LogP contribution < -0.4 is 5.32 Å². The van der Waals surface area contributed by atoms with Gasteiger partial charge >= 0.3 is 0 Å². The van der Waals surface area contributed by atoms with Crippen molar-refractivity contribution in [2.45, 2.75) is 39.2 Å². The number of hydrogen-bond donors (Lipinski definition) is 1. The van der Waals surface area contributed by atoms with Crippen LogP contribution in [0.2, 0.25) is 0 Å². The molecule has 2 aromatic carbocycles. The highest BCUT2D eigenvalue weighted by Gasteiger charge is 2.23. The lowest BCUT2D eigenvalue weighted by molar-refractivity contribution is -0.116. The van der Waals surface area contributed by atoms with Crippen LogP contribution in [0.15, 0.2) is 54.6 Å². The van der Waals surface area contributed by atoms with Crippen LogP contribution in [-0.2, 0) is 9.53 Å². The number of rotatable bonds is 6. The number of carbonyl (C=O) groups excluding carboxylic acids is 2. The molecule has 2 unspecified atom stereocenters. The zero-order valence-electron chi connectivity index (χ0n) is 17.4. The Kier molecular flexibility index (Phi) is 7.04. The largest absolute Gasteiger partial charge is 0.375 e. The zero-order chi connectivity index (χ0) is 20.8. The molecule has 1 N–H and O–H groups in total. The Hall–Kier alpha value is -2.66. The highest BCUT2D eigenvalue weighted by Crippen LogP contribution is 2.28. The summed E-state index contributed by atoms with van der Waals surface area (Å²) in [6.07, 6.45) is 0.447. The van der Waals surface area contributed by atoms with E-state index in [0.29, 0.717) is 43.3 Å². The number of hydrogen-bond acceptors (Lipinski definition) is 3. The fourth-order valence-electron chi connectivity index (χ4n) is 3.77. The van der Waals surface area contributed by atoms with Gasteiger partial charge < -0.3 is 15.0 Å². The van der Waals surface area contributed by atoms with Crippen LogP contribution in [0, 0.1) is 5.92 Å². The van der Waals surface area contributed by atoms with Gasteiger partial charge in [-0.25, -0.2) is 0 Å². The average Bonchev–Trinajstić information content (AvgIpc) is 2.72. The molecule has 0 aromatic heterocycles. The minimum absolute atomic E-state index is 0.0272. The zero-order valence-corrected chi connectivity index (χ0v) is 17.4. The topological polar surface area (TPSA) is 58.6 Å². The van der Waals surface area contributed by atoms with E-state index in [0.717, 1.165) is 0 Å². The number of carbonyl (C=O) groups is 2. The predicted molar refractivity (Wildman–Crippen MR) is 115 cm³/mol. The van der Waals surface area contributed by atoms with Crippen molar-refractivity contribution in [2.75, 3.05) is 25.0 Å². The third-order valence-electron chi connectivity index (χ3n) is 5.36. The molecule has 2 atom stereocenters. The van der Waals surface area contributed by atoms with E-state index in [9.17, 15) is 9.59 Å². The normalized spacial score (nSPS) is 17.8. The van der Waals surface area contributed by atoms with Gasteiger partial charge in [-0.05, 0) is 42.5 Å². The molecule has 0 spiro atoms. The molecule has 5 heteroatoms. The average molecular weight is 395 g/mol. The lowest BCUT2D eigenvalue weighted by Gasteiger charge is -2.31. The van der Waals surface area contributed by atoms with Gasteiger partial charge in [0, 0.05) is 30.8 Å². The molecule has 0 aliphatic carbocycles. The van der Waals surface area contributed by atoms with Crippen molar-refractivity contribution in [3.63, 3.8) is 0 Å². The summed E-state index contributed by atoms with van der Waals surface area (Å²) in [5, 5.41) is 2.97. The van der Waals surface area contributed by atoms with Gasteiger partial charge in [0.2, 0.25) is 5.91 Å². The van der Waals surface area contributed by atoms with Crippen molar-refractivity contribution < 1.29 is 14.3 Å². The molecule has 0 radical (unpaired) electrons. The summed E-state index contributed by atoms with van der Waals surface area (Å²) in [6.45, 7) is 7.96. The summed E-state index contributed by atoms with van der Waals surface area (Å²) in [7, 11) is 0. The Morgan fingerprint density at radius 2 is 1.90 bits per heavy atom. The lowest BCUT2D eigenvalue weighted by Crippen LogP contribution is -2.44. The van der Waals surface area contributed by atoms with Crippen LogP contribution >= 0.6 is 0 Å². The summed E-state index contributed by atoms with van der Waals surface area (Å²) in [4.78, 5) is 27.3. The minimum Gasteiger partial charge on any atom is -0.375 e.